The molecule has 1 aromatic heterocycles. The average molecular weight is 258 g/mol. The summed E-state index contributed by atoms with van der Waals surface area (Å²) in [5.74, 6) is 0.933. The van der Waals surface area contributed by atoms with E-state index in [4.69, 9.17) is 22.1 Å². The maximum atomic E-state index is 5.79. The van der Waals surface area contributed by atoms with E-state index in [-0.39, 0.29) is 5.15 Å². The van der Waals surface area contributed by atoms with Gasteiger partial charge in [-0.15, -0.1) is 0 Å². The van der Waals surface area contributed by atoms with Gasteiger partial charge in [-0.3, -0.25) is 0 Å². The van der Waals surface area contributed by atoms with E-state index in [1.807, 2.05) is 0 Å². The Morgan fingerprint density at radius 2 is 2.18 bits per heavy atom. The molecular formula is C12H20ClN3O. The van der Waals surface area contributed by atoms with Crippen LogP contribution in [0.4, 0.5) is 5.69 Å². The molecule has 0 aliphatic heterocycles. The lowest BCUT2D eigenvalue weighted by molar-refractivity contribution is 0.227. The minimum atomic E-state index is 0.247. The van der Waals surface area contributed by atoms with E-state index in [1.54, 1.807) is 0 Å². The van der Waals surface area contributed by atoms with Crippen LogP contribution in [0.5, 0.6) is 5.88 Å². The molecule has 1 aromatic rings. The van der Waals surface area contributed by atoms with E-state index in [9.17, 15) is 0 Å². The van der Waals surface area contributed by atoms with Crippen molar-refractivity contribution >= 4 is 17.3 Å². The second kappa shape index (κ2) is 7.33. The van der Waals surface area contributed by atoms with Crippen molar-refractivity contribution in [3.8, 4) is 5.88 Å². The summed E-state index contributed by atoms with van der Waals surface area (Å²) in [5, 5.41) is 0.247. The second-order valence-corrected chi connectivity index (χ2v) is 4.47. The SMILES string of the molecule is CCCCC(CC)COc1ncnc(Cl)c1N. The van der Waals surface area contributed by atoms with Crippen LogP contribution in [0.25, 0.3) is 0 Å². The summed E-state index contributed by atoms with van der Waals surface area (Å²) < 4.78 is 5.61. The van der Waals surface area contributed by atoms with Crippen molar-refractivity contribution in [2.75, 3.05) is 12.3 Å². The number of nitrogen functional groups attached to an aromatic ring is 1. The summed E-state index contributed by atoms with van der Waals surface area (Å²) >= 11 is 5.79. The van der Waals surface area contributed by atoms with Crippen LogP contribution in [0.15, 0.2) is 6.33 Å². The Balaban J connectivity index is 2.50. The number of anilines is 1. The number of aromatic nitrogens is 2. The standard InChI is InChI=1S/C12H20ClN3O/c1-3-5-6-9(4-2)7-17-12-10(14)11(13)15-8-16-12/h8-9H,3-7,14H2,1-2H3. The van der Waals surface area contributed by atoms with Gasteiger partial charge in [-0.1, -0.05) is 44.7 Å². The molecule has 1 rings (SSSR count). The predicted octanol–water partition coefficient (Wildman–Crippen LogP) is 3.31. The molecule has 1 atom stereocenters. The molecule has 0 radical (unpaired) electrons. The maximum absolute atomic E-state index is 5.79. The number of nitrogens with zero attached hydrogens (tertiary/aromatic N) is 2. The highest BCUT2D eigenvalue weighted by Crippen LogP contribution is 2.25. The molecule has 0 amide bonds. The lowest BCUT2D eigenvalue weighted by Crippen LogP contribution is -2.13. The van der Waals surface area contributed by atoms with Gasteiger partial charge in [0.15, 0.2) is 5.15 Å². The topological polar surface area (TPSA) is 61.0 Å². The Labute approximate surface area is 108 Å². The predicted molar refractivity (Wildman–Crippen MR) is 70.3 cm³/mol. The van der Waals surface area contributed by atoms with E-state index >= 15 is 0 Å². The van der Waals surface area contributed by atoms with Crippen LogP contribution in [0.2, 0.25) is 5.15 Å². The fraction of sp³-hybridized carbons (Fsp3) is 0.667. The van der Waals surface area contributed by atoms with Gasteiger partial charge in [0.05, 0.1) is 6.61 Å². The van der Waals surface area contributed by atoms with Crippen LogP contribution in [0.3, 0.4) is 0 Å². The van der Waals surface area contributed by atoms with Gasteiger partial charge in [-0.2, -0.15) is 4.98 Å². The van der Waals surface area contributed by atoms with Crippen molar-refractivity contribution in [3.05, 3.63) is 11.5 Å². The molecule has 0 aliphatic rings. The molecule has 0 aromatic carbocycles. The quantitative estimate of drug-likeness (QED) is 0.762. The summed E-state index contributed by atoms with van der Waals surface area (Å²) in [6.45, 7) is 4.99. The smallest absolute Gasteiger partial charge is 0.241 e. The van der Waals surface area contributed by atoms with Gasteiger partial charge < -0.3 is 10.5 Å². The minimum Gasteiger partial charge on any atom is -0.476 e. The zero-order chi connectivity index (χ0) is 12.7. The summed E-state index contributed by atoms with van der Waals surface area (Å²) in [6, 6.07) is 0. The molecule has 0 bridgehead atoms. The van der Waals surface area contributed by atoms with Crippen LogP contribution in [-0.4, -0.2) is 16.6 Å². The zero-order valence-corrected chi connectivity index (χ0v) is 11.2. The van der Waals surface area contributed by atoms with Crippen molar-refractivity contribution in [2.45, 2.75) is 39.5 Å². The zero-order valence-electron chi connectivity index (χ0n) is 10.4. The molecule has 0 saturated heterocycles. The van der Waals surface area contributed by atoms with Crippen LogP contribution in [0, 0.1) is 5.92 Å². The first-order valence-electron chi connectivity index (χ1n) is 6.07. The molecule has 96 valence electrons. The van der Waals surface area contributed by atoms with Crippen LogP contribution < -0.4 is 10.5 Å². The van der Waals surface area contributed by atoms with E-state index in [2.05, 4.69) is 23.8 Å². The highest BCUT2D eigenvalue weighted by atomic mass is 35.5. The van der Waals surface area contributed by atoms with E-state index < -0.39 is 0 Å². The first-order valence-corrected chi connectivity index (χ1v) is 6.45. The van der Waals surface area contributed by atoms with Gasteiger partial charge in [0.1, 0.15) is 12.0 Å². The normalized spacial score (nSPS) is 12.4. The number of hydrogen-bond donors (Lipinski definition) is 1. The third kappa shape index (κ3) is 4.38. The van der Waals surface area contributed by atoms with Gasteiger partial charge in [-0.05, 0) is 12.3 Å². The largest absolute Gasteiger partial charge is 0.476 e. The Bertz CT molecular complexity index is 347. The third-order valence-corrected chi connectivity index (χ3v) is 3.10. The average Bonchev–Trinajstić information content (AvgIpc) is 2.34. The first-order chi connectivity index (χ1) is 8.19. The molecule has 1 heterocycles. The van der Waals surface area contributed by atoms with Gasteiger partial charge in [0.25, 0.3) is 0 Å². The summed E-state index contributed by atoms with van der Waals surface area (Å²) in [4.78, 5) is 7.77. The van der Waals surface area contributed by atoms with Crippen molar-refractivity contribution < 1.29 is 4.74 Å². The highest BCUT2D eigenvalue weighted by Gasteiger charge is 2.11. The summed E-state index contributed by atoms with van der Waals surface area (Å²) in [5.41, 5.74) is 6.05. The molecule has 4 nitrogen and oxygen atoms in total. The lowest BCUT2D eigenvalue weighted by Gasteiger charge is -2.15. The fourth-order valence-corrected chi connectivity index (χ4v) is 1.69. The molecule has 5 heteroatoms. The Morgan fingerprint density at radius 1 is 1.41 bits per heavy atom. The lowest BCUT2D eigenvalue weighted by atomic mass is 10.0. The van der Waals surface area contributed by atoms with Crippen molar-refractivity contribution in [3.63, 3.8) is 0 Å². The Kier molecular flexibility index (Phi) is 6.05. The molecule has 0 spiro atoms. The number of rotatable bonds is 7. The number of unbranched alkanes of at least 4 members (excludes halogenated alkanes) is 1. The van der Waals surface area contributed by atoms with Gasteiger partial charge in [0.2, 0.25) is 5.88 Å². The maximum Gasteiger partial charge on any atom is 0.241 e. The number of hydrogen-bond acceptors (Lipinski definition) is 4. The van der Waals surface area contributed by atoms with Crippen molar-refractivity contribution in [2.24, 2.45) is 5.92 Å². The summed E-state index contributed by atoms with van der Waals surface area (Å²) in [7, 11) is 0. The first kappa shape index (κ1) is 14.0. The Hall–Kier alpha value is -1.03. The van der Waals surface area contributed by atoms with Crippen LogP contribution in [0.1, 0.15) is 39.5 Å². The highest BCUT2D eigenvalue weighted by molar-refractivity contribution is 6.32. The van der Waals surface area contributed by atoms with Crippen molar-refractivity contribution in [1.29, 1.82) is 0 Å². The molecular weight excluding hydrogens is 238 g/mol. The van der Waals surface area contributed by atoms with E-state index in [0.717, 1.165) is 6.42 Å². The molecule has 0 saturated carbocycles. The minimum absolute atomic E-state index is 0.247. The molecule has 1 unspecified atom stereocenters. The number of nitrogens with two attached hydrogens (primary N) is 1. The molecule has 0 aliphatic carbocycles. The molecule has 17 heavy (non-hydrogen) atoms. The van der Waals surface area contributed by atoms with Crippen LogP contribution >= 0.6 is 11.6 Å². The number of ether oxygens (including phenoxy) is 1. The van der Waals surface area contributed by atoms with Crippen LogP contribution in [-0.2, 0) is 0 Å². The van der Waals surface area contributed by atoms with E-state index in [0.29, 0.717) is 24.1 Å². The van der Waals surface area contributed by atoms with Gasteiger partial charge in [0, 0.05) is 0 Å². The third-order valence-electron chi connectivity index (χ3n) is 2.80. The second-order valence-electron chi connectivity index (χ2n) is 4.11. The summed E-state index contributed by atoms with van der Waals surface area (Å²) in [6.07, 6.45) is 6.06. The van der Waals surface area contributed by atoms with E-state index in [1.165, 1.54) is 25.6 Å². The Morgan fingerprint density at radius 3 is 2.82 bits per heavy atom. The van der Waals surface area contributed by atoms with Gasteiger partial charge in [-0.25, -0.2) is 4.98 Å². The fourth-order valence-electron chi connectivity index (χ4n) is 1.57. The van der Waals surface area contributed by atoms with Gasteiger partial charge >= 0.3 is 0 Å². The number of halogens is 1. The monoisotopic (exact) mass is 257 g/mol. The molecule has 2 N–H and O–H groups in total. The molecule has 0 fully saturated rings. The van der Waals surface area contributed by atoms with Crippen molar-refractivity contribution in [1.82, 2.24) is 9.97 Å².